The summed E-state index contributed by atoms with van der Waals surface area (Å²) >= 11 is 0. The van der Waals surface area contributed by atoms with Crippen LogP contribution in [0.3, 0.4) is 0 Å². The Balaban J connectivity index is 2.91. The quantitative estimate of drug-likeness (QED) is 0.230. The zero-order valence-corrected chi connectivity index (χ0v) is 27.6. The van der Waals surface area contributed by atoms with E-state index < -0.39 is 24.2 Å². The first-order valence-electron chi connectivity index (χ1n) is 12.8. The molecule has 0 N–H and O–H groups in total. The standard InChI is InChI=1S/C27H51N3OSi3/c1-25(2,3)32(10,11)20-23-24(30(31)28-29(23)22-18-16-15-17-19-22)34(14,27(7,8)9)21-33(12,13)26(4,5)6/h15-19H,20-21H2,1-14H3. The second kappa shape index (κ2) is 9.04. The van der Waals surface area contributed by atoms with E-state index in [1.165, 1.54) is 11.4 Å². The average molecular weight is 518 g/mol. The highest BCUT2D eigenvalue weighted by atomic mass is 28.4. The molecule has 0 radical (unpaired) electrons. The summed E-state index contributed by atoms with van der Waals surface area (Å²) in [6, 6.07) is 11.2. The summed E-state index contributed by atoms with van der Waals surface area (Å²) < 4.78 is 1.99. The fraction of sp³-hybridized carbons (Fsp3) is 0.704. The molecule has 2 rings (SSSR count). The lowest BCUT2D eigenvalue weighted by molar-refractivity contribution is -0.654. The first-order chi connectivity index (χ1) is 15.1. The maximum absolute atomic E-state index is 13.8. The van der Waals surface area contributed by atoms with E-state index in [2.05, 4.69) is 112 Å². The van der Waals surface area contributed by atoms with E-state index in [4.69, 9.17) is 0 Å². The van der Waals surface area contributed by atoms with Gasteiger partial charge in [0.15, 0.2) is 16.7 Å². The summed E-state index contributed by atoms with van der Waals surface area (Å²) in [5.41, 5.74) is 3.35. The topological polar surface area (TPSA) is 44.8 Å². The number of aromatic nitrogens is 3. The first kappa shape index (κ1) is 29.0. The van der Waals surface area contributed by atoms with Crippen LogP contribution < -0.4 is 10.2 Å². The molecule has 1 aromatic carbocycles. The highest BCUT2D eigenvalue weighted by Gasteiger charge is 2.55. The lowest BCUT2D eigenvalue weighted by Gasteiger charge is -2.47. The minimum Gasteiger partial charge on any atom is -0.691 e. The van der Waals surface area contributed by atoms with Crippen molar-refractivity contribution in [1.29, 1.82) is 0 Å². The summed E-state index contributed by atoms with van der Waals surface area (Å²) in [5, 5.41) is 20.1. The Bertz CT molecular complexity index is 993. The summed E-state index contributed by atoms with van der Waals surface area (Å²) in [5.74, 6) is 0. The molecule has 0 saturated heterocycles. The maximum Gasteiger partial charge on any atom is 0.170 e. The van der Waals surface area contributed by atoms with Crippen molar-refractivity contribution in [2.24, 2.45) is 0 Å². The van der Waals surface area contributed by atoms with E-state index in [0.717, 1.165) is 21.9 Å². The molecule has 1 atom stereocenters. The second-order valence-corrected chi connectivity index (χ2v) is 31.9. The normalized spacial score (nSPS) is 15.9. The molecular formula is C27H51N3OSi3. The van der Waals surface area contributed by atoms with Crippen LogP contribution in [0.5, 0.6) is 0 Å². The molecule has 1 heterocycles. The molecular weight excluding hydrogens is 467 g/mol. The predicted octanol–water partition coefficient (Wildman–Crippen LogP) is 7.23. The Hall–Kier alpha value is -1.19. The molecule has 0 aliphatic rings. The van der Waals surface area contributed by atoms with Crippen molar-refractivity contribution in [3.8, 4) is 5.69 Å². The molecule has 0 amide bonds. The number of hydrogen-bond acceptors (Lipinski definition) is 2. The van der Waals surface area contributed by atoms with Crippen molar-refractivity contribution >= 4 is 29.5 Å². The van der Waals surface area contributed by atoms with Gasteiger partial charge in [-0.1, -0.05) is 124 Å². The fourth-order valence-corrected chi connectivity index (χ4v) is 20.2. The van der Waals surface area contributed by atoms with Crippen LogP contribution >= 0.6 is 0 Å². The third kappa shape index (κ3) is 5.46. The Morgan fingerprint density at radius 1 is 0.765 bits per heavy atom. The molecule has 1 unspecified atom stereocenters. The van der Waals surface area contributed by atoms with Gasteiger partial charge in [-0.15, -0.1) is 4.85 Å². The van der Waals surface area contributed by atoms with Gasteiger partial charge in [0.2, 0.25) is 0 Å². The van der Waals surface area contributed by atoms with Gasteiger partial charge >= 0.3 is 0 Å². The van der Waals surface area contributed by atoms with Crippen LogP contribution in [-0.2, 0) is 6.04 Å². The summed E-state index contributed by atoms with van der Waals surface area (Å²) in [6.45, 7) is 33.8. The molecule has 0 fully saturated rings. The van der Waals surface area contributed by atoms with E-state index in [1.54, 1.807) is 0 Å². The molecule has 34 heavy (non-hydrogen) atoms. The Kier molecular flexibility index (Phi) is 7.72. The van der Waals surface area contributed by atoms with Crippen LogP contribution in [-0.4, -0.2) is 34.1 Å². The Morgan fingerprint density at radius 3 is 1.65 bits per heavy atom. The summed E-state index contributed by atoms with van der Waals surface area (Å²) in [6.07, 6.45) is 0. The van der Waals surface area contributed by atoms with Crippen LogP contribution in [0.1, 0.15) is 68.0 Å². The number of benzene rings is 1. The number of para-hydroxylation sites is 1. The Labute approximate surface area is 212 Å². The van der Waals surface area contributed by atoms with E-state index in [1.807, 2.05) is 22.9 Å². The van der Waals surface area contributed by atoms with Gasteiger partial charge in [0, 0.05) is 6.04 Å². The minimum absolute atomic E-state index is 0.0431. The first-order valence-corrected chi connectivity index (χ1v) is 21.9. The average Bonchev–Trinajstić information content (AvgIpc) is 2.95. The molecule has 7 heteroatoms. The van der Waals surface area contributed by atoms with Crippen molar-refractivity contribution in [2.75, 3.05) is 0 Å². The molecule has 1 aromatic heterocycles. The molecule has 2 aromatic rings. The maximum atomic E-state index is 13.8. The van der Waals surface area contributed by atoms with Gasteiger partial charge in [0.1, 0.15) is 8.07 Å². The van der Waals surface area contributed by atoms with Crippen LogP contribution in [0.25, 0.3) is 5.69 Å². The van der Waals surface area contributed by atoms with Crippen LogP contribution in [0.15, 0.2) is 30.3 Å². The monoisotopic (exact) mass is 517 g/mol. The minimum atomic E-state index is -2.28. The molecule has 192 valence electrons. The van der Waals surface area contributed by atoms with E-state index in [0.29, 0.717) is 0 Å². The number of hydrogen-bond donors (Lipinski definition) is 0. The summed E-state index contributed by atoms with van der Waals surface area (Å²) in [4.78, 5) is 1.04. The lowest BCUT2D eigenvalue weighted by Crippen LogP contribution is -2.68. The number of nitrogens with zero attached hydrogens (tertiary/aromatic N) is 3. The third-order valence-corrected chi connectivity index (χ3v) is 30.1. The Morgan fingerprint density at radius 2 is 1.24 bits per heavy atom. The SMILES string of the molecule is CC(C)(C)[Si](C)(C)Cc1c([Si](C)(C[Si](C)(C)C(C)(C)C)C(C)(C)C)[n+]([O-])nn1-c1ccccc1. The van der Waals surface area contributed by atoms with Crippen molar-refractivity contribution in [3.63, 3.8) is 0 Å². The van der Waals surface area contributed by atoms with Gasteiger partial charge in [0.05, 0.1) is 21.4 Å². The summed E-state index contributed by atoms with van der Waals surface area (Å²) in [7, 11) is -5.68. The third-order valence-electron chi connectivity index (χ3n) is 9.54. The largest absolute Gasteiger partial charge is 0.691 e. The van der Waals surface area contributed by atoms with Gasteiger partial charge in [0.25, 0.3) is 0 Å². The molecule has 0 spiro atoms. The van der Waals surface area contributed by atoms with Crippen LogP contribution in [0.4, 0.5) is 0 Å². The predicted molar refractivity (Wildman–Crippen MR) is 156 cm³/mol. The zero-order chi connectivity index (χ0) is 26.5. The highest BCUT2D eigenvalue weighted by molar-refractivity contribution is 7.04. The molecule has 0 bridgehead atoms. The van der Waals surface area contributed by atoms with Crippen molar-refractivity contribution in [1.82, 2.24) is 9.90 Å². The molecule has 0 saturated carbocycles. The van der Waals surface area contributed by atoms with Crippen LogP contribution in [0, 0.1) is 5.21 Å². The second-order valence-electron chi connectivity index (χ2n) is 15.0. The van der Waals surface area contributed by atoms with Gasteiger partial charge in [-0.2, -0.15) is 0 Å². The van der Waals surface area contributed by atoms with Gasteiger partial charge in [-0.3, -0.25) is 0 Å². The van der Waals surface area contributed by atoms with E-state index in [-0.39, 0.29) is 15.1 Å². The van der Waals surface area contributed by atoms with Crippen molar-refractivity contribution < 1.29 is 4.85 Å². The van der Waals surface area contributed by atoms with Crippen LogP contribution in [0.2, 0.25) is 53.5 Å². The number of rotatable bonds is 6. The fourth-order valence-electron chi connectivity index (χ4n) is 4.39. The smallest absolute Gasteiger partial charge is 0.170 e. The molecule has 4 nitrogen and oxygen atoms in total. The lowest BCUT2D eigenvalue weighted by atomic mass is 10.2. The molecule has 0 aliphatic carbocycles. The van der Waals surface area contributed by atoms with Gasteiger partial charge in [-0.25, -0.2) is 0 Å². The van der Waals surface area contributed by atoms with Gasteiger partial charge in [-0.05, 0) is 27.2 Å². The molecule has 0 aliphatic heterocycles. The van der Waals surface area contributed by atoms with E-state index >= 15 is 0 Å². The highest BCUT2D eigenvalue weighted by Crippen LogP contribution is 2.48. The van der Waals surface area contributed by atoms with Gasteiger partial charge < -0.3 is 5.21 Å². The van der Waals surface area contributed by atoms with Crippen molar-refractivity contribution in [2.45, 2.75) is 122 Å². The van der Waals surface area contributed by atoms with E-state index in [9.17, 15) is 5.21 Å². The van der Waals surface area contributed by atoms with Crippen molar-refractivity contribution in [3.05, 3.63) is 41.2 Å². The zero-order valence-electron chi connectivity index (χ0n) is 24.6.